The predicted molar refractivity (Wildman–Crippen MR) is 89.9 cm³/mol. The summed E-state index contributed by atoms with van der Waals surface area (Å²) in [5.41, 5.74) is 0.830. The van der Waals surface area contributed by atoms with Gasteiger partial charge in [0, 0.05) is 24.5 Å². The van der Waals surface area contributed by atoms with E-state index in [1.54, 1.807) is 12.1 Å². The molecule has 0 aliphatic carbocycles. The zero-order chi connectivity index (χ0) is 16.9. The van der Waals surface area contributed by atoms with Crippen LogP contribution in [0, 0.1) is 5.82 Å². The molecule has 24 heavy (non-hydrogen) atoms. The lowest BCUT2D eigenvalue weighted by molar-refractivity contribution is -0.131. The number of halogens is 1. The van der Waals surface area contributed by atoms with Gasteiger partial charge >= 0.3 is 0 Å². The van der Waals surface area contributed by atoms with Crippen LogP contribution in [-0.2, 0) is 16.1 Å². The van der Waals surface area contributed by atoms with Crippen LogP contribution in [0.15, 0.2) is 41.8 Å². The fraction of sp³-hybridized carbons (Fsp3) is 0.294. The van der Waals surface area contributed by atoms with Crippen LogP contribution in [0.2, 0.25) is 0 Å². The van der Waals surface area contributed by atoms with Crippen LogP contribution < -0.4 is 10.6 Å². The second kappa shape index (κ2) is 7.55. The lowest BCUT2D eigenvalue weighted by Crippen LogP contribution is -2.52. The highest BCUT2D eigenvalue weighted by Gasteiger charge is 2.32. The first-order valence-corrected chi connectivity index (χ1v) is 8.58. The van der Waals surface area contributed by atoms with Gasteiger partial charge in [0.25, 0.3) is 0 Å². The van der Waals surface area contributed by atoms with Crippen molar-refractivity contribution in [3.8, 4) is 0 Å². The molecule has 3 rings (SSSR count). The van der Waals surface area contributed by atoms with Crippen LogP contribution in [0.25, 0.3) is 0 Å². The van der Waals surface area contributed by atoms with E-state index in [0.717, 1.165) is 10.4 Å². The quantitative estimate of drug-likeness (QED) is 0.865. The van der Waals surface area contributed by atoms with Gasteiger partial charge in [-0.3, -0.25) is 14.5 Å². The van der Waals surface area contributed by atoms with Crippen molar-refractivity contribution < 1.29 is 14.0 Å². The molecule has 1 aliphatic heterocycles. The fourth-order valence-electron chi connectivity index (χ4n) is 2.68. The number of hydrogen-bond donors (Lipinski definition) is 2. The van der Waals surface area contributed by atoms with Crippen LogP contribution in [0.5, 0.6) is 0 Å². The number of amides is 2. The Morgan fingerprint density at radius 3 is 2.83 bits per heavy atom. The van der Waals surface area contributed by atoms with Gasteiger partial charge in [0.1, 0.15) is 11.9 Å². The third-order valence-electron chi connectivity index (χ3n) is 3.87. The third kappa shape index (κ3) is 3.98. The highest BCUT2D eigenvalue weighted by Crippen LogP contribution is 2.26. The molecule has 1 unspecified atom stereocenters. The lowest BCUT2D eigenvalue weighted by atomic mass is 10.1. The van der Waals surface area contributed by atoms with Crippen molar-refractivity contribution in [1.82, 2.24) is 15.5 Å². The van der Waals surface area contributed by atoms with E-state index in [-0.39, 0.29) is 24.2 Å². The normalized spacial score (nSPS) is 18.2. The average molecular weight is 347 g/mol. The van der Waals surface area contributed by atoms with Crippen molar-refractivity contribution in [2.45, 2.75) is 12.6 Å². The molecule has 7 heteroatoms. The first-order valence-electron chi connectivity index (χ1n) is 7.70. The van der Waals surface area contributed by atoms with Gasteiger partial charge in [0.2, 0.25) is 11.8 Å². The summed E-state index contributed by atoms with van der Waals surface area (Å²) in [6, 6.07) is 9.39. The van der Waals surface area contributed by atoms with Crippen LogP contribution in [-0.4, -0.2) is 36.3 Å². The second-order valence-electron chi connectivity index (χ2n) is 5.58. The number of hydrogen-bond acceptors (Lipinski definition) is 4. The molecule has 1 aromatic heterocycles. The van der Waals surface area contributed by atoms with E-state index in [1.165, 1.54) is 23.5 Å². The van der Waals surface area contributed by atoms with Crippen LogP contribution in [0.3, 0.4) is 0 Å². The molecule has 1 atom stereocenters. The molecule has 1 saturated heterocycles. The summed E-state index contributed by atoms with van der Waals surface area (Å²) >= 11 is 1.51. The van der Waals surface area contributed by atoms with Gasteiger partial charge < -0.3 is 10.6 Å². The topological polar surface area (TPSA) is 61.4 Å². The monoisotopic (exact) mass is 347 g/mol. The number of benzene rings is 1. The Labute approximate surface area is 143 Å². The number of nitrogens with one attached hydrogen (secondary N) is 2. The van der Waals surface area contributed by atoms with Gasteiger partial charge in [-0.25, -0.2) is 4.39 Å². The van der Waals surface area contributed by atoms with E-state index >= 15 is 0 Å². The minimum atomic E-state index is -0.421. The first kappa shape index (κ1) is 16.6. The summed E-state index contributed by atoms with van der Waals surface area (Å²) in [5.74, 6) is -0.534. The Balaban J connectivity index is 1.59. The maximum absolute atomic E-state index is 12.9. The van der Waals surface area contributed by atoms with E-state index in [2.05, 4.69) is 10.6 Å². The van der Waals surface area contributed by atoms with E-state index < -0.39 is 6.04 Å². The SMILES string of the molecule is O=C(CN1CCNC(=O)C1c1cccs1)NCc1ccc(F)cc1. The summed E-state index contributed by atoms with van der Waals surface area (Å²) in [6.07, 6.45) is 0. The maximum Gasteiger partial charge on any atom is 0.242 e. The van der Waals surface area contributed by atoms with Crippen molar-refractivity contribution in [1.29, 1.82) is 0 Å². The molecule has 0 spiro atoms. The molecule has 1 aromatic carbocycles. The number of nitrogens with zero attached hydrogens (tertiary/aromatic N) is 1. The molecule has 126 valence electrons. The lowest BCUT2D eigenvalue weighted by Gasteiger charge is -2.33. The van der Waals surface area contributed by atoms with Gasteiger partial charge in [-0.05, 0) is 29.1 Å². The van der Waals surface area contributed by atoms with E-state index in [0.29, 0.717) is 19.6 Å². The molecule has 2 aromatic rings. The van der Waals surface area contributed by atoms with Crippen molar-refractivity contribution in [3.05, 3.63) is 58.0 Å². The summed E-state index contributed by atoms with van der Waals surface area (Å²) in [6.45, 7) is 1.64. The zero-order valence-corrected chi connectivity index (χ0v) is 13.8. The summed E-state index contributed by atoms with van der Waals surface area (Å²) in [4.78, 5) is 27.2. The molecular formula is C17H18FN3O2S. The molecule has 5 nitrogen and oxygen atoms in total. The smallest absolute Gasteiger partial charge is 0.242 e. The van der Waals surface area contributed by atoms with Crippen LogP contribution in [0.1, 0.15) is 16.5 Å². The van der Waals surface area contributed by atoms with Crippen LogP contribution in [0.4, 0.5) is 4.39 Å². The number of carbonyl (C=O) groups excluding carboxylic acids is 2. The molecule has 0 radical (unpaired) electrons. The Kier molecular flexibility index (Phi) is 5.22. The summed E-state index contributed by atoms with van der Waals surface area (Å²) in [5, 5.41) is 7.58. The molecule has 2 N–H and O–H groups in total. The van der Waals surface area contributed by atoms with E-state index in [9.17, 15) is 14.0 Å². The fourth-order valence-corrected chi connectivity index (χ4v) is 3.54. The van der Waals surface area contributed by atoms with Gasteiger partial charge in [-0.2, -0.15) is 0 Å². The third-order valence-corrected chi connectivity index (χ3v) is 4.80. The van der Waals surface area contributed by atoms with Crippen molar-refractivity contribution in [2.24, 2.45) is 0 Å². The van der Waals surface area contributed by atoms with E-state index in [1.807, 2.05) is 22.4 Å². The maximum atomic E-state index is 12.9. The van der Waals surface area contributed by atoms with Crippen molar-refractivity contribution >= 4 is 23.2 Å². The van der Waals surface area contributed by atoms with Gasteiger partial charge in [0.05, 0.1) is 6.54 Å². The van der Waals surface area contributed by atoms with Gasteiger partial charge in [-0.1, -0.05) is 18.2 Å². The molecule has 1 aliphatic rings. The van der Waals surface area contributed by atoms with Crippen molar-refractivity contribution in [3.63, 3.8) is 0 Å². The minimum Gasteiger partial charge on any atom is -0.353 e. The van der Waals surface area contributed by atoms with E-state index in [4.69, 9.17) is 0 Å². The number of rotatable bonds is 5. The standard InChI is InChI=1S/C17H18FN3O2S/c18-13-5-3-12(4-6-13)10-20-15(22)11-21-8-7-19-17(23)16(21)14-2-1-9-24-14/h1-6,9,16H,7-8,10-11H2,(H,19,23)(H,20,22). The summed E-state index contributed by atoms with van der Waals surface area (Å²) in [7, 11) is 0. The minimum absolute atomic E-state index is 0.0740. The highest BCUT2D eigenvalue weighted by molar-refractivity contribution is 7.10. The highest BCUT2D eigenvalue weighted by atomic mass is 32.1. The average Bonchev–Trinajstić information content (AvgIpc) is 3.08. The Morgan fingerprint density at radius 2 is 2.12 bits per heavy atom. The molecule has 2 amide bonds. The summed E-state index contributed by atoms with van der Waals surface area (Å²) < 4.78 is 12.9. The van der Waals surface area contributed by atoms with Gasteiger partial charge in [0.15, 0.2) is 0 Å². The number of piperazine rings is 1. The number of carbonyl (C=O) groups is 2. The Bertz CT molecular complexity index is 703. The Hall–Kier alpha value is -2.25. The molecular weight excluding hydrogens is 329 g/mol. The molecule has 1 fully saturated rings. The number of thiophene rings is 1. The molecule has 2 heterocycles. The zero-order valence-electron chi connectivity index (χ0n) is 13.0. The molecule has 0 saturated carbocycles. The predicted octanol–water partition coefficient (Wildman–Crippen LogP) is 1.68. The first-order chi connectivity index (χ1) is 11.6. The van der Waals surface area contributed by atoms with Gasteiger partial charge in [-0.15, -0.1) is 11.3 Å². The molecule has 0 bridgehead atoms. The largest absolute Gasteiger partial charge is 0.353 e. The Morgan fingerprint density at radius 1 is 1.33 bits per heavy atom. The van der Waals surface area contributed by atoms with Crippen LogP contribution >= 0.6 is 11.3 Å². The second-order valence-corrected chi connectivity index (χ2v) is 6.56. The van der Waals surface area contributed by atoms with Crippen molar-refractivity contribution in [2.75, 3.05) is 19.6 Å².